The number of rotatable bonds is 7. The molecule has 2 rings (SSSR count). The summed E-state index contributed by atoms with van der Waals surface area (Å²) in [6, 6.07) is 7.93. The standard InChI is InChI=1S/C15H22N2O3/c1-15(14(18)19,16-11-7-8-11)10-20-13-6-4-5-12(9-13)17(2)3/h4-6,9,11,16H,7-8,10H2,1-3H3,(H,18,19). The number of aliphatic carboxylic acids is 1. The number of nitrogens with one attached hydrogen (secondary N) is 1. The summed E-state index contributed by atoms with van der Waals surface area (Å²) >= 11 is 0. The molecule has 0 heterocycles. The molecule has 0 radical (unpaired) electrons. The highest BCUT2D eigenvalue weighted by Gasteiger charge is 2.39. The molecule has 1 atom stereocenters. The molecule has 1 fully saturated rings. The van der Waals surface area contributed by atoms with Gasteiger partial charge in [0.15, 0.2) is 0 Å². The van der Waals surface area contributed by atoms with Crippen molar-refractivity contribution in [1.82, 2.24) is 5.32 Å². The molecule has 5 heteroatoms. The Hall–Kier alpha value is -1.75. The number of anilines is 1. The average molecular weight is 278 g/mol. The zero-order valence-corrected chi connectivity index (χ0v) is 12.2. The Morgan fingerprint density at radius 3 is 2.75 bits per heavy atom. The first-order valence-electron chi connectivity index (χ1n) is 6.82. The van der Waals surface area contributed by atoms with Crippen LogP contribution in [0.3, 0.4) is 0 Å². The SMILES string of the molecule is CN(C)c1cccc(OCC(C)(NC2CC2)C(=O)O)c1. The summed E-state index contributed by atoms with van der Waals surface area (Å²) in [6.07, 6.45) is 2.08. The number of hydrogen-bond acceptors (Lipinski definition) is 4. The fourth-order valence-electron chi connectivity index (χ4n) is 1.92. The van der Waals surface area contributed by atoms with E-state index in [1.165, 1.54) is 0 Å². The van der Waals surface area contributed by atoms with Crippen molar-refractivity contribution in [3.8, 4) is 5.75 Å². The monoisotopic (exact) mass is 278 g/mol. The van der Waals surface area contributed by atoms with Crippen LogP contribution in [0.15, 0.2) is 24.3 Å². The second kappa shape index (κ2) is 5.71. The number of ether oxygens (including phenoxy) is 1. The predicted octanol–water partition coefficient (Wildman–Crippen LogP) is 1.73. The van der Waals surface area contributed by atoms with E-state index in [-0.39, 0.29) is 6.61 Å². The van der Waals surface area contributed by atoms with Gasteiger partial charge in [-0.15, -0.1) is 0 Å². The van der Waals surface area contributed by atoms with Crippen LogP contribution in [0.4, 0.5) is 5.69 Å². The maximum atomic E-state index is 11.4. The van der Waals surface area contributed by atoms with Gasteiger partial charge in [0.05, 0.1) is 0 Å². The first-order valence-corrected chi connectivity index (χ1v) is 6.82. The van der Waals surface area contributed by atoms with E-state index in [9.17, 15) is 9.90 Å². The van der Waals surface area contributed by atoms with Gasteiger partial charge in [-0.2, -0.15) is 0 Å². The fraction of sp³-hybridized carbons (Fsp3) is 0.533. The van der Waals surface area contributed by atoms with E-state index in [0.29, 0.717) is 11.8 Å². The molecule has 0 aliphatic heterocycles. The van der Waals surface area contributed by atoms with Crippen LogP contribution >= 0.6 is 0 Å². The average Bonchev–Trinajstić information content (AvgIpc) is 3.20. The van der Waals surface area contributed by atoms with Gasteiger partial charge in [0, 0.05) is 31.9 Å². The topological polar surface area (TPSA) is 61.8 Å². The third-order valence-corrected chi connectivity index (χ3v) is 3.43. The maximum Gasteiger partial charge on any atom is 0.327 e. The Labute approximate surface area is 119 Å². The van der Waals surface area contributed by atoms with Crippen LogP contribution in [-0.2, 0) is 4.79 Å². The van der Waals surface area contributed by atoms with Crippen molar-refractivity contribution in [2.75, 3.05) is 25.6 Å². The third kappa shape index (κ3) is 3.63. The Bertz CT molecular complexity index is 486. The van der Waals surface area contributed by atoms with Gasteiger partial charge in [0.25, 0.3) is 0 Å². The van der Waals surface area contributed by atoms with E-state index < -0.39 is 11.5 Å². The third-order valence-electron chi connectivity index (χ3n) is 3.43. The van der Waals surface area contributed by atoms with Crippen LogP contribution < -0.4 is 15.0 Å². The van der Waals surface area contributed by atoms with Crippen molar-refractivity contribution in [2.24, 2.45) is 0 Å². The lowest BCUT2D eigenvalue weighted by molar-refractivity contribution is -0.145. The molecule has 5 nitrogen and oxygen atoms in total. The quantitative estimate of drug-likeness (QED) is 0.795. The molecule has 0 bridgehead atoms. The summed E-state index contributed by atoms with van der Waals surface area (Å²) in [5.74, 6) is -0.200. The van der Waals surface area contributed by atoms with Crippen molar-refractivity contribution in [1.29, 1.82) is 0 Å². The normalized spacial score (nSPS) is 17.4. The van der Waals surface area contributed by atoms with Gasteiger partial charge >= 0.3 is 5.97 Å². The van der Waals surface area contributed by atoms with Crippen LogP contribution in [0.5, 0.6) is 5.75 Å². The van der Waals surface area contributed by atoms with Crippen molar-refractivity contribution in [3.05, 3.63) is 24.3 Å². The highest BCUT2D eigenvalue weighted by molar-refractivity contribution is 5.78. The van der Waals surface area contributed by atoms with Crippen LogP contribution in [0, 0.1) is 0 Å². The highest BCUT2D eigenvalue weighted by Crippen LogP contribution is 2.24. The molecule has 2 N–H and O–H groups in total. The minimum Gasteiger partial charge on any atom is -0.491 e. The van der Waals surface area contributed by atoms with Gasteiger partial charge in [0.1, 0.15) is 17.9 Å². The van der Waals surface area contributed by atoms with E-state index in [2.05, 4.69) is 5.32 Å². The molecule has 0 amide bonds. The van der Waals surface area contributed by atoms with Crippen molar-refractivity contribution >= 4 is 11.7 Å². The smallest absolute Gasteiger partial charge is 0.327 e. The van der Waals surface area contributed by atoms with Crippen LogP contribution in [0.25, 0.3) is 0 Å². The van der Waals surface area contributed by atoms with E-state index in [4.69, 9.17) is 4.74 Å². The largest absolute Gasteiger partial charge is 0.491 e. The molecule has 0 saturated heterocycles. The van der Waals surface area contributed by atoms with Crippen molar-refractivity contribution in [3.63, 3.8) is 0 Å². The second-order valence-electron chi connectivity index (χ2n) is 5.74. The first-order chi connectivity index (χ1) is 9.40. The number of carbonyl (C=O) groups is 1. The molecular formula is C15H22N2O3. The minimum atomic E-state index is -1.05. The molecule has 1 aliphatic rings. The number of carboxylic acids is 1. The van der Waals surface area contributed by atoms with Crippen molar-refractivity contribution < 1.29 is 14.6 Å². The second-order valence-corrected chi connectivity index (χ2v) is 5.74. The lowest BCUT2D eigenvalue weighted by Gasteiger charge is -2.26. The van der Waals surface area contributed by atoms with E-state index in [0.717, 1.165) is 18.5 Å². The molecule has 1 unspecified atom stereocenters. The summed E-state index contributed by atoms with van der Waals surface area (Å²) in [6.45, 7) is 1.78. The van der Waals surface area contributed by atoms with E-state index >= 15 is 0 Å². The van der Waals surface area contributed by atoms with E-state index in [1.807, 2.05) is 43.3 Å². The lowest BCUT2D eigenvalue weighted by Crippen LogP contribution is -2.54. The summed E-state index contributed by atoms with van der Waals surface area (Å²) in [5, 5.41) is 12.5. The van der Waals surface area contributed by atoms with Gasteiger partial charge in [-0.1, -0.05) is 6.07 Å². The summed E-state index contributed by atoms with van der Waals surface area (Å²) in [5.41, 5.74) is -0.0235. The maximum absolute atomic E-state index is 11.4. The zero-order chi connectivity index (χ0) is 14.8. The van der Waals surface area contributed by atoms with Gasteiger partial charge in [-0.3, -0.25) is 10.1 Å². The Morgan fingerprint density at radius 2 is 2.20 bits per heavy atom. The summed E-state index contributed by atoms with van der Waals surface area (Å²) in [7, 11) is 3.91. The van der Waals surface area contributed by atoms with E-state index in [1.54, 1.807) is 6.92 Å². The van der Waals surface area contributed by atoms with Crippen molar-refractivity contribution in [2.45, 2.75) is 31.3 Å². The molecule has 0 aromatic heterocycles. The van der Waals surface area contributed by atoms with Crippen LogP contribution in [0.2, 0.25) is 0 Å². The number of hydrogen-bond donors (Lipinski definition) is 2. The molecule has 1 saturated carbocycles. The Morgan fingerprint density at radius 1 is 1.50 bits per heavy atom. The molecule has 110 valence electrons. The molecular weight excluding hydrogens is 256 g/mol. The van der Waals surface area contributed by atoms with Gasteiger partial charge < -0.3 is 14.7 Å². The summed E-state index contributed by atoms with van der Waals surface area (Å²) in [4.78, 5) is 13.4. The molecule has 1 aromatic rings. The highest BCUT2D eigenvalue weighted by atomic mass is 16.5. The van der Waals surface area contributed by atoms with Gasteiger partial charge in [-0.05, 0) is 31.9 Å². The lowest BCUT2D eigenvalue weighted by atomic mass is 10.0. The first kappa shape index (κ1) is 14.7. The molecule has 20 heavy (non-hydrogen) atoms. The number of carboxylic acid groups (broad SMARTS) is 1. The van der Waals surface area contributed by atoms with Crippen LogP contribution in [0.1, 0.15) is 19.8 Å². The molecule has 0 spiro atoms. The van der Waals surface area contributed by atoms with Crippen LogP contribution in [-0.4, -0.2) is 43.4 Å². The minimum absolute atomic E-state index is 0.107. The number of benzene rings is 1. The molecule has 1 aromatic carbocycles. The number of nitrogens with zero attached hydrogens (tertiary/aromatic N) is 1. The predicted molar refractivity (Wildman–Crippen MR) is 78.5 cm³/mol. The van der Waals surface area contributed by atoms with Gasteiger partial charge in [0.2, 0.25) is 0 Å². The summed E-state index contributed by atoms with van der Waals surface area (Å²) < 4.78 is 5.68. The Balaban J connectivity index is 2.01. The molecule has 1 aliphatic carbocycles. The zero-order valence-electron chi connectivity index (χ0n) is 12.2. The fourth-order valence-corrected chi connectivity index (χ4v) is 1.92. The van der Waals surface area contributed by atoms with Gasteiger partial charge in [-0.25, -0.2) is 0 Å². The Kier molecular flexibility index (Phi) is 4.18.